The van der Waals surface area contributed by atoms with Gasteiger partial charge in [-0.05, 0) is 31.0 Å². The van der Waals surface area contributed by atoms with Gasteiger partial charge in [0, 0.05) is 11.1 Å². The van der Waals surface area contributed by atoms with Crippen LogP contribution < -0.4 is 10.6 Å². The standard InChI is InChI=1S/C12H13ClN2O3/c13-7-1-4-10(9(5-7)12(14)18)15(6-11(16)17)8-2-3-8/h1,4-5,8H,2-3,6H2,(H2,14,18)(H,16,17). The van der Waals surface area contributed by atoms with Crippen LogP contribution in [-0.2, 0) is 4.79 Å². The molecule has 1 aliphatic carbocycles. The fourth-order valence-electron chi connectivity index (χ4n) is 1.90. The Labute approximate surface area is 109 Å². The molecule has 2 rings (SSSR count). The molecule has 96 valence electrons. The maximum atomic E-state index is 11.4. The molecule has 1 aliphatic rings. The van der Waals surface area contributed by atoms with Crippen LogP contribution in [0.4, 0.5) is 5.69 Å². The molecule has 0 aliphatic heterocycles. The van der Waals surface area contributed by atoms with E-state index >= 15 is 0 Å². The molecule has 0 atom stereocenters. The monoisotopic (exact) mass is 268 g/mol. The minimum Gasteiger partial charge on any atom is -0.480 e. The number of nitrogens with zero attached hydrogens (tertiary/aromatic N) is 1. The smallest absolute Gasteiger partial charge is 0.323 e. The first-order valence-electron chi connectivity index (χ1n) is 5.57. The number of carboxylic acids is 1. The van der Waals surface area contributed by atoms with Crippen molar-refractivity contribution < 1.29 is 14.7 Å². The van der Waals surface area contributed by atoms with Gasteiger partial charge in [-0.25, -0.2) is 0 Å². The van der Waals surface area contributed by atoms with E-state index in [1.165, 1.54) is 6.07 Å². The number of benzene rings is 1. The zero-order valence-corrected chi connectivity index (χ0v) is 10.4. The number of carbonyl (C=O) groups excluding carboxylic acids is 1. The molecule has 0 spiro atoms. The highest BCUT2D eigenvalue weighted by Gasteiger charge is 2.32. The first-order chi connectivity index (χ1) is 8.49. The summed E-state index contributed by atoms with van der Waals surface area (Å²) in [6, 6.07) is 4.90. The molecule has 6 heteroatoms. The highest BCUT2D eigenvalue weighted by Crippen LogP contribution is 2.34. The van der Waals surface area contributed by atoms with Crippen LogP contribution in [0.25, 0.3) is 0 Å². The Morgan fingerprint density at radius 1 is 1.44 bits per heavy atom. The van der Waals surface area contributed by atoms with Crippen molar-refractivity contribution in [1.29, 1.82) is 0 Å². The van der Waals surface area contributed by atoms with Gasteiger partial charge in [0.25, 0.3) is 5.91 Å². The fraction of sp³-hybridized carbons (Fsp3) is 0.333. The van der Waals surface area contributed by atoms with Gasteiger partial charge in [0.1, 0.15) is 6.54 Å². The van der Waals surface area contributed by atoms with Crippen molar-refractivity contribution >= 4 is 29.2 Å². The Kier molecular flexibility index (Phi) is 3.43. The molecule has 0 aromatic heterocycles. The van der Waals surface area contributed by atoms with Gasteiger partial charge in [-0.2, -0.15) is 0 Å². The van der Waals surface area contributed by atoms with E-state index in [1.54, 1.807) is 17.0 Å². The molecular weight excluding hydrogens is 256 g/mol. The summed E-state index contributed by atoms with van der Waals surface area (Å²) in [7, 11) is 0. The van der Waals surface area contributed by atoms with Crippen LogP contribution in [0, 0.1) is 0 Å². The predicted octanol–water partition coefficient (Wildman–Crippen LogP) is 1.49. The molecule has 0 heterocycles. The number of carbonyl (C=O) groups is 2. The lowest BCUT2D eigenvalue weighted by atomic mass is 10.1. The molecule has 18 heavy (non-hydrogen) atoms. The van der Waals surface area contributed by atoms with Crippen LogP contribution in [0.2, 0.25) is 5.02 Å². The second kappa shape index (κ2) is 4.86. The molecule has 3 N–H and O–H groups in total. The maximum Gasteiger partial charge on any atom is 0.323 e. The Morgan fingerprint density at radius 2 is 2.11 bits per heavy atom. The van der Waals surface area contributed by atoms with Gasteiger partial charge in [-0.15, -0.1) is 0 Å². The molecule has 0 unspecified atom stereocenters. The average molecular weight is 269 g/mol. The van der Waals surface area contributed by atoms with E-state index in [-0.39, 0.29) is 18.2 Å². The SMILES string of the molecule is NC(=O)c1cc(Cl)ccc1N(CC(=O)O)C1CC1. The Hall–Kier alpha value is -1.75. The van der Waals surface area contributed by atoms with E-state index in [2.05, 4.69) is 0 Å². The first-order valence-corrected chi connectivity index (χ1v) is 5.94. The largest absolute Gasteiger partial charge is 0.480 e. The van der Waals surface area contributed by atoms with E-state index in [4.69, 9.17) is 22.4 Å². The summed E-state index contributed by atoms with van der Waals surface area (Å²) in [6.07, 6.45) is 1.85. The first kappa shape index (κ1) is 12.7. The lowest BCUT2D eigenvalue weighted by Gasteiger charge is -2.24. The van der Waals surface area contributed by atoms with Crippen LogP contribution in [-0.4, -0.2) is 29.6 Å². The lowest BCUT2D eigenvalue weighted by Crippen LogP contribution is -2.33. The van der Waals surface area contributed by atoms with E-state index in [9.17, 15) is 9.59 Å². The van der Waals surface area contributed by atoms with Gasteiger partial charge in [-0.3, -0.25) is 9.59 Å². The summed E-state index contributed by atoms with van der Waals surface area (Å²) in [5.41, 5.74) is 6.10. The minimum atomic E-state index is -0.938. The quantitative estimate of drug-likeness (QED) is 0.847. The maximum absolute atomic E-state index is 11.4. The highest BCUT2D eigenvalue weighted by atomic mass is 35.5. The predicted molar refractivity (Wildman–Crippen MR) is 68.0 cm³/mol. The molecule has 1 aromatic rings. The van der Waals surface area contributed by atoms with E-state index in [1.807, 2.05) is 0 Å². The molecule has 1 amide bonds. The third-order valence-electron chi connectivity index (χ3n) is 2.83. The van der Waals surface area contributed by atoms with Crippen molar-refractivity contribution in [2.24, 2.45) is 5.73 Å². The van der Waals surface area contributed by atoms with Crippen molar-refractivity contribution in [3.63, 3.8) is 0 Å². The number of nitrogens with two attached hydrogens (primary N) is 1. The van der Waals surface area contributed by atoms with E-state index < -0.39 is 11.9 Å². The Balaban J connectivity index is 2.40. The fourth-order valence-corrected chi connectivity index (χ4v) is 2.07. The highest BCUT2D eigenvalue weighted by molar-refractivity contribution is 6.31. The molecule has 0 saturated heterocycles. The van der Waals surface area contributed by atoms with Crippen LogP contribution in [0.1, 0.15) is 23.2 Å². The van der Waals surface area contributed by atoms with Gasteiger partial charge in [0.15, 0.2) is 0 Å². The van der Waals surface area contributed by atoms with Gasteiger partial charge in [0.2, 0.25) is 0 Å². The summed E-state index contributed by atoms with van der Waals surface area (Å²) in [5.74, 6) is -1.55. The molecule has 0 radical (unpaired) electrons. The number of rotatable bonds is 5. The number of hydrogen-bond donors (Lipinski definition) is 2. The van der Waals surface area contributed by atoms with E-state index in [0.29, 0.717) is 10.7 Å². The number of halogens is 1. The zero-order valence-electron chi connectivity index (χ0n) is 9.60. The number of carboxylic acid groups (broad SMARTS) is 1. The van der Waals surface area contributed by atoms with Crippen molar-refractivity contribution in [2.75, 3.05) is 11.4 Å². The van der Waals surface area contributed by atoms with Crippen LogP contribution in [0.3, 0.4) is 0 Å². The molecule has 0 bridgehead atoms. The number of hydrogen-bond acceptors (Lipinski definition) is 3. The van der Waals surface area contributed by atoms with Gasteiger partial charge >= 0.3 is 5.97 Å². The molecule has 1 aromatic carbocycles. The van der Waals surface area contributed by atoms with Crippen LogP contribution in [0.5, 0.6) is 0 Å². The summed E-state index contributed by atoms with van der Waals surface area (Å²) in [6.45, 7) is -0.146. The van der Waals surface area contributed by atoms with Crippen LogP contribution >= 0.6 is 11.6 Å². The molecule has 5 nitrogen and oxygen atoms in total. The molecular formula is C12H13ClN2O3. The number of amides is 1. The number of anilines is 1. The third-order valence-corrected chi connectivity index (χ3v) is 3.06. The van der Waals surface area contributed by atoms with Gasteiger partial charge in [0.05, 0.1) is 11.3 Å². The van der Waals surface area contributed by atoms with Gasteiger partial charge < -0.3 is 15.7 Å². The normalized spacial score (nSPS) is 14.3. The third kappa shape index (κ3) is 2.73. The van der Waals surface area contributed by atoms with E-state index in [0.717, 1.165) is 12.8 Å². The van der Waals surface area contributed by atoms with Gasteiger partial charge in [-0.1, -0.05) is 11.6 Å². The summed E-state index contributed by atoms with van der Waals surface area (Å²) >= 11 is 5.82. The zero-order chi connectivity index (χ0) is 13.3. The number of aliphatic carboxylic acids is 1. The minimum absolute atomic E-state index is 0.146. The average Bonchev–Trinajstić information content (AvgIpc) is 3.09. The van der Waals surface area contributed by atoms with Crippen molar-refractivity contribution in [3.8, 4) is 0 Å². The Morgan fingerprint density at radius 3 is 2.61 bits per heavy atom. The molecule has 1 saturated carbocycles. The van der Waals surface area contributed by atoms with Crippen molar-refractivity contribution in [3.05, 3.63) is 28.8 Å². The van der Waals surface area contributed by atoms with Crippen molar-refractivity contribution in [1.82, 2.24) is 0 Å². The summed E-state index contributed by atoms with van der Waals surface area (Å²) in [4.78, 5) is 24.0. The Bertz CT molecular complexity index is 500. The summed E-state index contributed by atoms with van der Waals surface area (Å²) < 4.78 is 0. The second-order valence-electron chi connectivity index (χ2n) is 4.28. The van der Waals surface area contributed by atoms with Crippen molar-refractivity contribution in [2.45, 2.75) is 18.9 Å². The topological polar surface area (TPSA) is 83.6 Å². The number of primary amides is 1. The molecule has 1 fully saturated rings. The van der Waals surface area contributed by atoms with Crippen LogP contribution in [0.15, 0.2) is 18.2 Å². The summed E-state index contributed by atoms with van der Waals surface area (Å²) in [5, 5.41) is 9.32. The lowest BCUT2D eigenvalue weighted by molar-refractivity contribution is -0.135. The second-order valence-corrected chi connectivity index (χ2v) is 4.71.